The van der Waals surface area contributed by atoms with Crippen LogP contribution in [0.4, 0.5) is 0 Å². The molecule has 8 heteroatoms. The first kappa shape index (κ1) is 27.4. The number of azo groups is 1. The summed E-state index contributed by atoms with van der Waals surface area (Å²) in [5, 5.41) is 9.00. The zero-order valence-electron chi connectivity index (χ0n) is 19.3. The van der Waals surface area contributed by atoms with Crippen LogP contribution in [0.15, 0.2) is 10.2 Å². The number of rotatable bonds is 14. The summed E-state index contributed by atoms with van der Waals surface area (Å²) >= 11 is 0. The minimum Gasteiger partial charge on any atom is -0.346 e. The predicted molar refractivity (Wildman–Crippen MR) is 115 cm³/mol. The molecule has 0 aromatic carbocycles. The fourth-order valence-electron chi connectivity index (χ4n) is 2.92. The second-order valence-corrected chi connectivity index (χ2v) is 9.92. The van der Waals surface area contributed by atoms with Gasteiger partial charge in [-0.25, -0.2) is 0 Å². The molecule has 0 bridgehead atoms. The summed E-state index contributed by atoms with van der Waals surface area (Å²) < 4.78 is 11.3. The molecule has 0 aliphatic rings. The molecule has 0 fully saturated rings. The van der Waals surface area contributed by atoms with Crippen LogP contribution in [0.1, 0.15) is 81.1 Å². The molecule has 0 saturated carbocycles. The van der Waals surface area contributed by atoms with Gasteiger partial charge in [-0.3, -0.25) is 0 Å². The van der Waals surface area contributed by atoms with Gasteiger partial charge in [0.25, 0.3) is 0 Å². The Morgan fingerprint density at radius 1 is 0.607 bits per heavy atom. The van der Waals surface area contributed by atoms with Crippen molar-refractivity contribution in [2.45, 2.75) is 117 Å². The van der Waals surface area contributed by atoms with E-state index in [2.05, 4.69) is 37.9 Å². The highest BCUT2D eigenvalue weighted by atomic mass is 16.5. The van der Waals surface area contributed by atoms with Crippen LogP contribution in [0.5, 0.6) is 0 Å². The molecule has 0 radical (unpaired) electrons. The lowest BCUT2D eigenvalue weighted by Gasteiger charge is -2.29. The van der Waals surface area contributed by atoms with Crippen LogP contribution >= 0.6 is 0 Å². The lowest BCUT2D eigenvalue weighted by molar-refractivity contribution is -0.0298. The average Bonchev–Trinajstić information content (AvgIpc) is 2.41. The van der Waals surface area contributed by atoms with E-state index in [1.54, 1.807) is 0 Å². The van der Waals surface area contributed by atoms with E-state index in [0.29, 0.717) is 24.7 Å². The van der Waals surface area contributed by atoms with Gasteiger partial charge in [-0.05, 0) is 52.4 Å². The quantitative estimate of drug-likeness (QED) is 0.259. The van der Waals surface area contributed by atoms with Gasteiger partial charge in [0.2, 0.25) is 0 Å². The van der Waals surface area contributed by atoms with Crippen LogP contribution in [-0.2, 0) is 9.47 Å². The summed E-state index contributed by atoms with van der Waals surface area (Å²) in [5.41, 5.74) is 23.2. The topological polar surface area (TPSA) is 147 Å². The van der Waals surface area contributed by atoms with Gasteiger partial charge >= 0.3 is 0 Å². The maximum Gasteiger partial charge on any atom is 0.110 e. The highest BCUT2D eigenvalue weighted by Gasteiger charge is 2.27. The van der Waals surface area contributed by atoms with Gasteiger partial charge in [0.1, 0.15) is 24.9 Å². The van der Waals surface area contributed by atoms with Crippen molar-refractivity contribution < 1.29 is 9.47 Å². The first-order valence-corrected chi connectivity index (χ1v) is 10.4. The summed E-state index contributed by atoms with van der Waals surface area (Å²) in [6, 6.07) is 0. The number of ether oxygens (including phenoxy) is 2. The standard InChI is InChI=1S/C20H46N6O2/c1-13(2)9-15(21)27-17(23)11-19(5,6)25-26-20(7,8)12-18(24)28-16(22)10-14(3)4/h13-18H,9-12,21-24H2,1-8H3. The monoisotopic (exact) mass is 402 g/mol. The van der Waals surface area contributed by atoms with Crippen molar-refractivity contribution in [1.82, 2.24) is 0 Å². The Hall–Kier alpha value is -0.640. The fourth-order valence-corrected chi connectivity index (χ4v) is 2.92. The molecule has 8 nitrogen and oxygen atoms in total. The first-order chi connectivity index (χ1) is 12.6. The van der Waals surface area contributed by atoms with Crippen LogP contribution in [0.25, 0.3) is 0 Å². The second-order valence-electron chi connectivity index (χ2n) is 9.92. The van der Waals surface area contributed by atoms with Crippen molar-refractivity contribution in [1.29, 1.82) is 0 Å². The summed E-state index contributed by atoms with van der Waals surface area (Å²) in [6.45, 7) is 16.3. The van der Waals surface area contributed by atoms with Crippen LogP contribution in [0.2, 0.25) is 0 Å². The Morgan fingerprint density at radius 3 is 1.14 bits per heavy atom. The van der Waals surface area contributed by atoms with Crippen molar-refractivity contribution >= 4 is 0 Å². The lowest BCUT2D eigenvalue weighted by atomic mass is 9.99. The number of nitrogens with two attached hydrogens (primary N) is 4. The van der Waals surface area contributed by atoms with Crippen molar-refractivity contribution in [3.8, 4) is 0 Å². The van der Waals surface area contributed by atoms with Crippen molar-refractivity contribution in [3.05, 3.63) is 0 Å². The third-order valence-corrected chi connectivity index (χ3v) is 4.10. The van der Waals surface area contributed by atoms with Gasteiger partial charge in [-0.2, -0.15) is 10.2 Å². The molecule has 0 heterocycles. The number of hydrogen-bond acceptors (Lipinski definition) is 8. The SMILES string of the molecule is CC(C)CC(N)OC(N)CC(C)(C)N=NC(C)(C)CC(N)OC(N)CC(C)C. The normalized spacial score (nSPS) is 18.1. The van der Waals surface area contributed by atoms with E-state index in [4.69, 9.17) is 32.4 Å². The molecule has 168 valence electrons. The van der Waals surface area contributed by atoms with E-state index in [0.717, 1.165) is 12.8 Å². The minimum absolute atomic E-state index is 0.371. The molecule has 8 N–H and O–H groups in total. The smallest absolute Gasteiger partial charge is 0.110 e. The molecule has 0 spiro atoms. The molecule has 0 amide bonds. The molecule has 4 atom stereocenters. The molecule has 0 aliphatic carbocycles. The average molecular weight is 403 g/mol. The lowest BCUT2D eigenvalue weighted by Crippen LogP contribution is -2.40. The Bertz CT molecular complexity index is 414. The van der Waals surface area contributed by atoms with Gasteiger partial charge in [0.05, 0.1) is 11.1 Å². The molecule has 0 aromatic heterocycles. The summed E-state index contributed by atoms with van der Waals surface area (Å²) in [7, 11) is 0. The van der Waals surface area contributed by atoms with Crippen LogP contribution in [-0.4, -0.2) is 36.0 Å². The van der Waals surface area contributed by atoms with Crippen molar-refractivity contribution in [2.75, 3.05) is 0 Å². The van der Waals surface area contributed by atoms with Crippen LogP contribution in [0.3, 0.4) is 0 Å². The molecular formula is C20H46N6O2. The third kappa shape index (κ3) is 14.4. The largest absolute Gasteiger partial charge is 0.346 e. The van der Waals surface area contributed by atoms with E-state index >= 15 is 0 Å². The van der Waals surface area contributed by atoms with Gasteiger partial charge < -0.3 is 32.4 Å². The minimum atomic E-state index is -0.495. The summed E-state index contributed by atoms with van der Waals surface area (Å²) in [4.78, 5) is 0. The molecule has 0 rings (SSSR count). The summed E-state index contributed by atoms with van der Waals surface area (Å²) in [6.07, 6.45) is 0.823. The Balaban J connectivity index is 4.61. The molecule has 0 aliphatic heterocycles. The molecule has 4 unspecified atom stereocenters. The van der Waals surface area contributed by atoms with E-state index in [9.17, 15) is 0 Å². The highest BCUT2D eigenvalue weighted by Crippen LogP contribution is 2.24. The van der Waals surface area contributed by atoms with Gasteiger partial charge in [-0.1, -0.05) is 27.7 Å². The van der Waals surface area contributed by atoms with Gasteiger partial charge in [0.15, 0.2) is 0 Å². The number of hydrogen-bond donors (Lipinski definition) is 4. The molecule has 0 saturated heterocycles. The Kier molecular flexibility index (Phi) is 11.9. The van der Waals surface area contributed by atoms with Crippen LogP contribution in [0, 0.1) is 11.8 Å². The van der Waals surface area contributed by atoms with Gasteiger partial charge in [0, 0.05) is 12.8 Å². The second kappa shape index (κ2) is 12.1. The Labute approximate surface area is 172 Å². The zero-order valence-corrected chi connectivity index (χ0v) is 19.3. The first-order valence-electron chi connectivity index (χ1n) is 10.4. The fraction of sp³-hybridized carbons (Fsp3) is 1.00. The maximum absolute atomic E-state index is 6.09. The molecular weight excluding hydrogens is 356 g/mol. The van der Waals surface area contributed by atoms with E-state index < -0.39 is 23.5 Å². The number of nitrogens with zero attached hydrogens (tertiary/aromatic N) is 2. The van der Waals surface area contributed by atoms with Crippen molar-refractivity contribution in [3.63, 3.8) is 0 Å². The van der Waals surface area contributed by atoms with E-state index in [1.165, 1.54) is 0 Å². The maximum atomic E-state index is 6.09. The third-order valence-electron chi connectivity index (χ3n) is 4.10. The van der Waals surface area contributed by atoms with E-state index in [-0.39, 0.29) is 12.5 Å². The molecule has 28 heavy (non-hydrogen) atoms. The van der Waals surface area contributed by atoms with Gasteiger partial charge in [-0.15, -0.1) is 0 Å². The van der Waals surface area contributed by atoms with Crippen molar-refractivity contribution in [2.24, 2.45) is 45.0 Å². The Morgan fingerprint density at radius 2 is 0.893 bits per heavy atom. The predicted octanol–water partition coefficient (Wildman–Crippen LogP) is 3.04. The van der Waals surface area contributed by atoms with E-state index in [1.807, 2.05) is 27.7 Å². The van der Waals surface area contributed by atoms with Crippen LogP contribution < -0.4 is 22.9 Å². The zero-order chi connectivity index (χ0) is 22.1. The highest BCUT2D eigenvalue weighted by molar-refractivity contribution is 4.83. The molecule has 0 aromatic rings. The summed E-state index contributed by atoms with van der Waals surface area (Å²) in [5.74, 6) is 0.909.